The molecule has 116 valence electrons. The molecule has 2 aromatic rings. The van der Waals surface area contributed by atoms with Crippen LogP contribution in [0.2, 0.25) is 0 Å². The number of hydrogen-bond acceptors (Lipinski definition) is 6. The maximum atomic E-state index is 12.2. The smallest absolute Gasteiger partial charge is 0.342 e. The van der Waals surface area contributed by atoms with Crippen LogP contribution in [0.1, 0.15) is 16.1 Å². The summed E-state index contributed by atoms with van der Waals surface area (Å²) in [5.74, 6) is 0.723. The molecule has 0 aliphatic heterocycles. The number of aromatic nitrogens is 1. The molecule has 1 heterocycles. The minimum absolute atomic E-state index is 0.0805. The van der Waals surface area contributed by atoms with Crippen molar-refractivity contribution in [1.82, 2.24) is 4.98 Å². The highest BCUT2D eigenvalue weighted by Crippen LogP contribution is 2.34. The maximum Gasteiger partial charge on any atom is 0.342 e. The van der Waals surface area contributed by atoms with Gasteiger partial charge in [0.05, 0.1) is 27.0 Å². The van der Waals surface area contributed by atoms with Crippen molar-refractivity contribution in [3.05, 3.63) is 47.8 Å². The Bertz CT molecular complexity index is 642. The van der Waals surface area contributed by atoms with Crippen molar-refractivity contribution in [1.29, 1.82) is 0 Å². The van der Waals surface area contributed by atoms with Gasteiger partial charge in [0.2, 0.25) is 0 Å². The first-order valence-corrected chi connectivity index (χ1v) is 6.56. The molecule has 0 saturated carbocycles. The van der Waals surface area contributed by atoms with Crippen LogP contribution in [0, 0.1) is 0 Å². The van der Waals surface area contributed by atoms with Crippen molar-refractivity contribution < 1.29 is 23.7 Å². The number of rotatable bonds is 6. The van der Waals surface area contributed by atoms with Crippen LogP contribution in [0.25, 0.3) is 0 Å². The molecule has 1 aromatic carbocycles. The average Bonchev–Trinajstić information content (AvgIpc) is 2.59. The number of hydrogen-bond donors (Lipinski definition) is 0. The van der Waals surface area contributed by atoms with Gasteiger partial charge in [0.25, 0.3) is 0 Å². The molecule has 0 atom stereocenters. The largest absolute Gasteiger partial charge is 0.496 e. The van der Waals surface area contributed by atoms with Gasteiger partial charge in [-0.1, -0.05) is 6.07 Å². The van der Waals surface area contributed by atoms with Crippen LogP contribution >= 0.6 is 0 Å². The number of carbonyl (C=O) groups is 1. The molecule has 0 unspecified atom stereocenters. The molecule has 6 heteroatoms. The molecule has 0 saturated heterocycles. The first-order valence-electron chi connectivity index (χ1n) is 6.56. The fourth-order valence-corrected chi connectivity index (χ4v) is 1.89. The van der Waals surface area contributed by atoms with Crippen molar-refractivity contribution in [2.45, 2.75) is 6.61 Å². The Morgan fingerprint density at radius 2 is 1.68 bits per heavy atom. The summed E-state index contributed by atoms with van der Waals surface area (Å²) < 4.78 is 20.8. The van der Waals surface area contributed by atoms with Crippen molar-refractivity contribution in [3.63, 3.8) is 0 Å². The van der Waals surface area contributed by atoms with E-state index >= 15 is 0 Å². The lowest BCUT2D eigenvalue weighted by molar-refractivity contribution is 0.0463. The number of benzene rings is 1. The van der Waals surface area contributed by atoms with E-state index in [9.17, 15) is 4.79 Å². The van der Waals surface area contributed by atoms with Crippen LogP contribution in [-0.2, 0) is 11.3 Å². The number of nitrogens with zero attached hydrogens (tertiary/aromatic N) is 1. The summed E-state index contributed by atoms with van der Waals surface area (Å²) in [6.07, 6.45) is 1.64. The molecule has 0 amide bonds. The van der Waals surface area contributed by atoms with E-state index in [-0.39, 0.29) is 12.2 Å². The predicted molar refractivity (Wildman–Crippen MR) is 79.5 cm³/mol. The Hall–Kier alpha value is -2.76. The minimum atomic E-state index is -0.525. The highest BCUT2D eigenvalue weighted by atomic mass is 16.5. The molecule has 0 aliphatic carbocycles. The molecule has 22 heavy (non-hydrogen) atoms. The quantitative estimate of drug-likeness (QED) is 0.764. The molecule has 0 N–H and O–H groups in total. The Balaban J connectivity index is 2.21. The van der Waals surface area contributed by atoms with E-state index in [0.717, 1.165) is 0 Å². The van der Waals surface area contributed by atoms with Gasteiger partial charge in [-0.3, -0.25) is 4.98 Å². The van der Waals surface area contributed by atoms with Crippen molar-refractivity contribution in [2.75, 3.05) is 21.3 Å². The molecule has 0 radical (unpaired) electrons. The van der Waals surface area contributed by atoms with Crippen LogP contribution in [0.5, 0.6) is 17.2 Å². The van der Waals surface area contributed by atoms with E-state index < -0.39 is 5.97 Å². The van der Waals surface area contributed by atoms with E-state index in [1.165, 1.54) is 27.4 Å². The van der Waals surface area contributed by atoms with Gasteiger partial charge in [-0.15, -0.1) is 0 Å². The van der Waals surface area contributed by atoms with E-state index in [1.54, 1.807) is 24.4 Å². The zero-order valence-corrected chi connectivity index (χ0v) is 12.7. The predicted octanol–water partition coefficient (Wildman–Crippen LogP) is 2.46. The van der Waals surface area contributed by atoms with Gasteiger partial charge in [0, 0.05) is 18.3 Å². The topological polar surface area (TPSA) is 66.9 Å². The third kappa shape index (κ3) is 3.46. The average molecular weight is 303 g/mol. The maximum absolute atomic E-state index is 12.2. The molecule has 0 spiro atoms. The molecule has 1 aromatic heterocycles. The first kappa shape index (κ1) is 15.6. The number of carbonyl (C=O) groups excluding carboxylic acids is 1. The SMILES string of the molecule is COc1cc(OC)c(C(=O)OCc2ccccn2)cc1OC. The number of methoxy groups -OCH3 is 3. The highest BCUT2D eigenvalue weighted by Gasteiger charge is 2.19. The summed E-state index contributed by atoms with van der Waals surface area (Å²) in [4.78, 5) is 16.3. The lowest BCUT2D eigenvalue weighted by atomic mass is 10.1. The van der Waals surface area contributed by atoms with Gasteiger partial charge in [-0.05, 0) is 12.1 Å². The van der Waals surface area contributed by atoms with Gasteiger partial charge in [-0.2, -0.15) is 0 Å². The second kappa shape index (κ2) is 7.31. The fourth-order valence-electron chi connectivity index (χ4n) is 1.89. The normalized spacial score (nSPS) is 9.95. The monoisotopic (exact) mass is 303 g/mol. The van der Waals surface area contributed by atoms with Crippen LogP contribution in [0.4, 0.5) is 0 Å². The number of esters is 1. The Labute approximate surface area is 128 Å². The van der Waals surface area contributed by atoms with Gasteiger partial charge < -0.3 is 18.9 Å². The van der Waals surface area contributed by atoms with Crippen molar-refractivity contribution in [2.24, 2.45) is 0 Å². The lowest BCUT2D eigenvalue weighted by Gasteiger charge is -2.13. The van der Waals surface area contributed by atoms with E-state index in [1.807, 2.05) is 6.07 Å². The summed E-state index contributed by atoms with van der Waals surface area (Å²) >= 11 is 0. The molecule has 6 nitrogen and oxygen atoms in total. The molecular weight excluding hydrogens is 286 g/mol. The lowest BCUT2D eigenvalue weighted by Crippen LogP contribution is -2.08. The van der Waals surface area contributed by atoms with Crippen LogP contribution in [0.3, 0.4) is 0 Å². The number of ether oxygens (including phenoxy) is 4. The summed E-state index contributed by atoms with van der Waals surface area (Å²) in [7, 11) is 4.47. The van der Waals surface area contributed by atoms with Gasteiger partial charge in [0.15, 0.2) is 11.5 Å². The minimum Gasteiger partial charge on any atom is -0.496 e. The van der Waals surface area contributed by atoms with E-state index in [0.29, 0.717) is 22.9 Å². The fraction of sp³-hybridized carbons (Fsp3) is 0.250. The van der Waals surface area contributed by atoms with Gasteiger partial charge in [-0.25, -0.2) is 4.79 Å². The summed E-state index contributed by atoms with van der Waals surface area (Å²) in [5.41, 5.74) is 0.923. The van der Waals surface area contributed by atoms with E-state index in [2.05, 4.69) is 4.98 Å². The van der Waals surface area contributed by atoms with Crippen LogP contribution in [0.15, 0.2) is 36.5 Å². The zero-order valence-electron chi connectivity index (χ0n) is 12.7. The summed E-state index contributed by atoms with van der Waals surface area (Å²) in [5, 5.41) is 0. The Kier molecular flexibility index (Phi) is 5.19. The van der Waals surface area contributed by atoms with Crippen molar-refractivity contribution in [3.8, 4) is 17.2 Å². The number of pyridine rings is 1. The second-order valence-corrected chi connectivity index (χ2v) is 4.30. The van der Waals surface area contributed by atoms with E-state index in [4.69, 9.17) is 18.9 Å². The van der Waals surface area contributed by atoms with Crippen LogP contribution in [-0.4, -0.2) is 32.3 Å². The first-order chi connectivity index (χ1) is 10.7. The zero-order chi connectivity index (χ0) is 15.9. The molecular formula is C16H17NO5. The summed E-state index contributed by atoms with van der Waals surface area (Å²) in [6, 6.07) is 8.50. The highest BCUT2D eigenvalue weighted by molar-refractivity contribution is 5.93. The molecule has 0 aliphatic rings. The van der Waals surface area contributed by atoms with Crippen LogP contribution < -0.4 is 14.2 Å². The Morgan fingerprint density at radius 1 is 1.00 bits per heavy atom. The standard InChI is InChI=1S/C16H17NO5/c1-19-13-9-15(21-3)14(20-2)8-12(13)16(18)22-10-11-6-4-5-7-17-11/h4-9H,10H2,1-3H3. The van der Waals surface area contributed by atoms with Gasteiger partial charge in [0.1, 0.15) is 17.9 Å². The molecule has 0 bridgehead atoms. The third-order valence-electron chi connectivity index (χ3n) is 3.00. The summed E-state index contributed by atoms with van der Waals surface area (Å²) in [6.45, 7) is 0.0805. The molecule has 0 fully saturated rings. The van der Waals surface area contributed by atoms with Crippen molar-refractivity contribution >= 4 is 5.97 Å². The van der Waals surface area contributed by atoms with Gasteiger partial charge >= 0.3 is 5.97 Å². The molecule has 2 rings (SSSR count). The third-order valence-corrected chi connectivity index (χ3v) is 3.00. The second-order valence-electron chi connectivity index (χ2n) is 4.30. The Morgan fingerprint density at radius 3 is 2.27 bits per heavy atom.